The molecule has 1 saturated carbocycles. The molecule has 0 spiro atoms. The van der Waals surface area contributed by atoms with Crippen LogP contribution < -0.4 is 5.32 Å². The summed E-state index contributed by atoms with van der Waals surface area (Å²) in [5.41, 5.74) is -3.28. The maximum absolute atomic E-state index is 13.8. The van der Waals surface area contributed by atoms with E-state index in [4.69, 9.17) is 0 Å². The van der Waals surface area contributed by atoms with Crippen LogP contribution in [0.3, 0.4) is 0 Å². The van der Waals surface area contributed by atoms with Crippen molar-refractivity contribution in [2.45, 2.75) is 120 Å². The minimum absolute atomic E-state index is 0.198. The highest BCUT2D eigenvalue weighted by Gasteiger charge is 2.68. The smallest absolute Gasteiger partial charge is 0.227 e. The molecule has 3 rings (SSSR count). The second-order valence-corrected chi connectivity index (χ2v) is 11.3. The van der Waals surface area contributed by atoms with Crippen molar-refractivity contribution >= 4 is 22.8 Å². The van der Waals surface area contributed by atoms with E-state index >= 15 is 0 Å². The molecule has 0 bridgehead atoms. The van der Waals surface area contributed by atoms with Crippen molar-refractivity contribution in [3.05, 3.63) is 12.2 Å². The third-order valence-corrected chi connectivity index (χ3v) is 9.09. The number of amides is 1. The highest BCUT2D eigenvalue weighted by atomic mass is 32.2. The van der Waals surface area contributed by atoms with Gasteiger partial charge in [-0.3, -0.25) is 9.59 Å². The Morgan fingerprint density at radius 1 is 1.19 bits per heavy atom. The molecule has 1 saturated heterocycles. The van der Waals surface area contributed by atoms with Crippen molar-refractivity contribution < 1.29 is 19.8 Å². The Morgan fingerprint density at radius 2 is 1.94 bits per heavy atom. The number of hydrogen-bond acceptors (Lipinski definition) is 5. The van der Waals surface area contributed by atoms with Gasteiger partial charge in [0.1, 0.15) is 5.60 Å². The molecule has 0 aromatic rings. The van der Waals surface area contributed by atoms with Gasteiger partial charge >= 0.3 is 0 Å². The number of unbranched alkanes of at least 4 members (excludes halogenated alkanes) is 3. The zero-order valence-electron chi connectivity index (χ0n) is 19.3. The van der Waals surface area contributed by atoms with Crippen molar-refractivity contribution in [3.63, 3.8) is 0 Å². The number of allylic oxidation sites excluding steroid dienone is 1. The van der Waals surface area contributed by atoms with Crippen LogP contribution in [0.15, 0.2) is 12.2 Å². The monoisotopic (exact) mass is 451 g/mol. The van der Waals surface area contributed by atoms with Crippen molar-refractivity contribution in [2.75, 3.05) is 0 Å². The Balaban J connectivity index is 1.88. The lowest BCUT2D eigenvalue weighted by Gasteiger charge is -2.45. The summed E-state index contributed by atoms with van der Waals surface area (Å²) >= 11 is 1.25. The average molecular weight is 452 g/mol. The van der Waals surface area contributed by atoms with E-state index in [1.807, 2.05) is 12.2 Å². The van der Waals surface area contributed by atoms with Gasteiger partial charge in [-0.1, -0.05) is 75.8 Å². The maximum atomic E-state index is 13.8. The van der Waals surface area contributed by atoms with Gasteiger partial charge in [-0.15, -0.1) is 0 Å². The van der Waals surface area contributed by atoms with E-state index in [1.165, 1.54) is 18.2 Å². The quantitative estimate of drug-likeness (QED) is 0.355. The van der Waals surface area contributed by atoms with Crippen LogP contribution in [0.2, 0.25) is 0 Å². The largest absolute Gasteiger partial charge is 0.389 e. The molecule has 6 heteroatoms. The Kier molecular flexibility index (Phi) is 8.67. The molecule has 1 aliphatic heterocycles. The van der Waals surface area contributed by atoms with Gasteiger partial charge < -0.3 is 15.5 Å². The number of hydrogen-bond donors (Lipinski definition) is 3. The third kappa shape index (κ3) is 5.06. The number of thioether (sulfide) groups is 1. The Labute approximate surface area is 191 Å². The average Bonchev–Trinajstić information content (AvgIpc) is 2.98. The zero-order chi connectivity index (χ0) is 22.5. The molecular formula is C25H41NO4S. The summed E-state index contributed by atoms with van der Waals surface area (Å²) in [6.07, 6.45) is 15.4. The van der Waals surface area contributed by atoms with Crippen LogP contribution in [0.1, 0.15) is 97.3 Å². The minimum Gasteiger partial charge on any atom is -0.389 e. The summed E-state index contributed by atoms with van der Waals surface area (Å²) in [5.74, 6) is -1.21. The van der Waals surface area contributed by atoms with Crippen LogP contribution in [0.25, 0.3) is 0 Å². The van der Waals surface area contributed by atoms with E-state index < -0.39 is 23.2 Å². The van der Waals surface area contributed by atoms with E-state index in [1.54, 1.807) is 6.92 Å². The molecule has 31 heavy (non-hydrogen) atoms. The fourth-order valence-electron chi connectivity index (χ4n) is 5.73. The summed E-state index contributed by atoms with van der Waals surface area (Å²) in [6.45, 7) is 3.74. The van der Waals surface area contributed by atoms with E-state index in [9.17, 15) is 19.8 Å². The second-order valence-electron chi connectivity index (χ2n) is 9.98. The van der Waals surface area contributed by atoms with Crippen LogP contribution in [-0.4, -0.2) is 43.7 Å². The Hall–Kier alpha value is -0.850. The molecule has 3 aliphatic rings. The van der Waals surface area contributed by atoms with E-state index in [-0.39, 0.29) is 22.2 Å². The van der Waals surface area contributed by atoms with Crippen LogP contribution in [0, 0.1) is 11.8 Å². The molecule has 5 unspecified atom stereocenters. The normalized spacial score (nSPS) is 35.2. The van der Waals surface area contributed by atoms with Crippen LogP contribution in [0.5, 0.6) is 0 Å². The highest BCUT2D eigenvalue weighted by Crippen LogP contribution is 2.47. The molecule has 2 aliphatic carbocycles. The number of carbonyl (C=O) groups is 2. The van der Waals surface area contributed by atoms with Crippen molar-refractivity contribution in [1.82, 2.24) is 5.32 Å². The van der Waals surface area contributed by atoms with E-state index in [0.717, 1.165) is 70.6 Å². The van der Waals surface area contributed by atoms with Crippen LogP contribution >= 0.6 is 11.8 Å². The van der Waals surface area contributed by atoms with Gasteiger partial charge in [0, 0.05) is 11.2 Å². The molecular weight excluding hydrogens is 410 g/mol. The first-order valence-electron chi connectivity index (χ1n) is 12.4. The number of aliphatic hydroxyl groups excluding tert-OH is 1. The summed E-state index contributed by atoms with van der Waals surface area (Å²) < 4.78 is 0. The molecule has 2 fully saturated rings. The molecule has 0 aromatic heterocycles. The Morgan fingerprint density at radius 3 is 2.58 bits per heavy atom. The predicted molar refractivity (Wildman–Crippen MR) is 126 cm³/mol. The summed E-state index contributed by atoms with van der Waals surface area (Å²) in [5, 5.41) is 26.2. The number of rotatable bonds is 9. The molecule has 0 aromatic carbocycles. The van der Waals surface area contributed by atoms with Crippen molar-refractivity contribution in [2.24, 2.45) is 11.8 Å². The first-order valence-corrected chi connectivity index (χ1v) is 13.3. The molecule has 5 atom stereocenters. The summed E-state index contributed by atoms with van der Waals surface area (Å²) in [7, 11) is 0. The topological polar surface area (TPSA) is 86.6 Å². The van der Waals surface area contributed by atoms with Crippen LogP contribution in [-0.2, 0) is 9.59 Å². The first kappa shape index (κ1) is 24.8. The lowest BCUT2D eigenvalue weighted by atomic mass is 9.68. The molecule has 0 radical (unpaired) electrons. The van der Waals surface area contributed by atoms with E-state index in [0.29, 0.717) is 6.42 Å². The zero-order valence-corrected chi connectivity index (χ0v) is 20.1. The van der Waals surface area contributed by atoms with Gasteiger partial charge in [0.2, 0.25) is 11.0 Å². The molecule has 176 valence electrons. The van der Waals surface area contributed by atoms with Gasteiger partial charge in [0.25, 0.3) is 0 Å². The molecule has 1 amide bonds. The predicted octanol–water partition coefficient (Wildman–Crippen LogP) is 4.50. The fraction of sp³-hybridized carbons (Fsp3) is 0.840. The van der Waals surface area contributed by atoms with E-state index in [2.05, 4.69) is 12.2 Å². The van der Waals surface area contributed by atoms with Gasteiger partial charge in [-0.05, 0) is 45.4 Å². The second kappa shape index (κ2) is 10.8. The lowest BCUT2D eigenvalue weighted by molar-refractivity contribution is -0.142. The third-order valence-electron chi connectivity index (χ3n) is 7.75. The van der Waals surface area contributed by atoms with Gasteiger partial charge in [-0.25, -0.2) is 0 Å². The van der Waals surface area contributed by atoms with Gasteiger partial charge in [-0.2, -0.15) is 0 Å². The summed E-state index contributed by atoms with van der Waals surface area (Å²) in [4.78, 5) is 26.9. The summed E-state index contributed by atoms with van der Waals surface area (Å²) in [6, 6.07) is 0. The van der Waals surface area contributed by atoms with Crippen LogP contribution in [0.4, 0.5) is 0 Å². The number of carbonyl (C=O) groups excluding carboxylic acids is 2. The SMILES string of the molecule is CCCCCCC1C(=O)NC(C(=O)SC2CCCCC2)(C(O)C2C=CCCC2)C1(C)O. The highest BCUT2D eigenvalue weighted by molar-refractivity contribution is 8.14. The number of aliphatic hydroxyl groups is 2. The van der Waals surface area contributed by atoms with Gasteiger partial charge in [0.15, 0.2) is 5.54 Å². The lowest BCUT2D eigenvalue weighted by Crippen LogP contribution is -2.69. The first-order chi connectivity index (χ1) is 14.8. The number of nitrogens with one attached hydrogen (secondary N) is 1. The molecule has 1 heterocycles. The van der Waals surface area contributed by atoms with Gasteiger partial charge in [0.05, 0.1) is 12.0 Å². The van der Waals surface area contributed by atoms with Crippen molar-refractivity contribution in [1.29, 1.82) is 0 Å². The standard InChI is InChI=1S/C25H41NO4S/c1-3-4-5-12-17-20-22(28)26-25(24(20,2)30,21(27)18-13-8-6-9-14-18)23(29)31-19-15-10-7-11-16-19/h8,13,18-21,27,30H,3-7,9-12,14-17H2,1-2H3,(H,26,28). The molecule has 5 nitrogen and oxygen atoms in total. The molecule has 3 N–H and O–H groups in total. The Bertz CT molecular complexity index is 658. The van der Waals surface area contributed by atoms with Crippen molar-refractivity contribution in [3.8, 4) is 0 Å². The minimum atomic E-state index is -1.66. The fourth-order valence-corrected chi connectivity index (χ4v) is 7.16. The maximum Gasteiger partial charge on any atom is 0.227 e.